The first-order valence-corrected chi connectivity index (χ1v) is 9.39. The second-order valence-corrected chi connectivity index (χ2v) is 7.88. The molecule has 0 bridgehead atoms. The van der Waals surface area contributed by atoms with Gasteiger partial charge in [-0.25, -0.2) is 0 Å². The standard InChI is InChI=1S/C20H25N3O3/c1-5-6-7-23-17(24)14-12(4)22-20(15(14)18(23)25)13-9-10(2)8-11(3)16(13)21-19(20)26/h8-9,12,14-15,22H,5-7H2,1-4H3,(H,21,26)/t12-,14+,15-,20+/m0/s1. The maximum Gasteiger partial charge on any atom is 0.250 e. The molecule has 0 radical (unpaired) electrons. The Morgan fingerprint density at radius 1 is 1.15 bits per heavy atom. The van der Waals surface area contributed by atoms with Crippen LogP contribution in [0.5, 0.6) is 0 Å². The maximum atomic E-state index is 13.2. The van der Waals surface area contributed by atoms with Crippen molar-refractivity contribution in [1.82, 2.24) is 10.2 Å². The Bertz CT molecular complexity index is 834. The van der Waals surface area contributed by atoms with Gasteiger partial charge in [-0.05, 0) is 32.8 Å². The van der Waals surface area contributed by atoms with E-state index in [1.165, 1.54) is 4.90 Å². The molecule has 0 unspecified atom stereocenters. The fourth-order valence-electron chi connectivity index (χ4n) is 5.02. The Labute approximate surface area is 153 Å². The summed E-state index contributed by atoms with van der Waals surface area (Å²) in [4.78, 5) is 40.7. The first-order chi connectivity index (χ1) is 12.3. The third kappa shape index (κ3) is 1.99. The summed E-state index contributed by atoms with van der Waals surface area (Å²) in [7, 11) is 0. The molecular weight excluding hydrogens is 330 g/mol. The predicted octanol–water partition coefficient (Wildman–Crippen LogP) is 1.84. The van der Waals surface area contributed by atoms with Crippen LogP contribution in [-0.2, 0) is 19.9 Å². The quantitative estimate of drug-likeness (QED) is 0.811. The normalized spacial score (nSPS) is 32.4. The van der Waals surface area contributed by atoms with Gasteiger partial charge in [-0.1, -0.05) is 31.0 Å². The van der Waals surface area contributed by atoms with E-state index in [0.717, 1.165) is 35.2 Å². The average molecular weight is 355 g/mol. The molecule has 26 heavy (non-hydrogen) atoms. The van der Waals surface area contributed by atoms with Crippen molar-refractivity contribution in [3.63, 3.8) is 0 Å². The molecule has 3 aliphatic heterocycles. The third-order valence-electron chi connectivity index (χ3n) is 6.14. The van der Waals surface area contributed by atoms with Gasteiger partial charge in [-0.2, -0.15) is 0 Å². The molecule has 2 N–H and O–H groups in total. The van der Waals surface area contributed by atoms with Crippen molar-refractivity contribution in [2.45, 2.75) is 52.1 Å². The zero-order valence-corrected chi connectivity index (χ0v) is 15.7. The lowest BCUT2D eigenvalue weighted by atomic mass is 9.76. The third-order valence-corrected chi connectivity index (χ3v) is 6.14. The number of carbonyl (C=O) groups excluding carboxylic acids is 3. The smallest absolute Gasteiger partial charge is 0.250 e. The largest absolute Gasteiger partial charge is 0.324 e. The molecule has 2 saturated heterocycles. The summed E-state index contributed by atoms with van der Waals surface area (Å²) in [5, 5.41) is 6.32. The van der Waals surface area contributed by atoms with Crippen molar-refractivity contribution in [1.29, 1.82) is 0 Å². The number of carbonyl (C=O) groups is 3. The van der Waals surface area contributed by atoms with E-state index in [4.69, 9.17) is 0 Å². The van der Waals surface area contributed by atoms with Gasteiger partial charge in [0.05, 0.1) is 11.8 Å². The number of likely N-dealkylation sites (tertiary alicyclic amines) is 1. The summed E-state index contributed by atoms with van der Waals surface area (Å²) in [5.74, 6) is -1.75. The number of anilines is 1. The van der Waals surface area contributed by atoms with E-state index in [2.05, 4.69) is 10.6 Å². The highest BCUT2D eigenvalue weighted by Gasteiger charge is 2.69. The van der Waals surface area contributed by atoms with E-state index in [-0.39, 0.29) is 23.8 Å². The molecule has 0 aliphatic carbocycles. The topological polar surface area (TPSA) is 78.5 Å². The van der Waals surface area contributed by atoms with Crippen LogP contribution in [0.2, 0.25) is 0 Å². The number of unbranched alkanes of at least 4 members (excludes halogenated alkanes) is 1. The van der Waals surface area contributed by atoms with Crippen LogP contribution in [-0.4, -0.2) is 35.2 Å². The number of nitrogens with one attached hydrogen (secondary N) is 2. The number of benzene rings is 1. The molecule has 6 heteroatoms. The molecule has 1 aromatic rings. The summed E-state index contributed by atoms with van der Waals surface area (Å²) < 4.78 is 0. The van der Waals surface area contributed by atoms with Crippen molar-refractivity contribution < 1.29 is 14.4 Å². The molecule has 4 atom stereocenters. The lowest BCUT2D eigenvalue weighted by Gasteiger charge is -2.29. The van der Waals surface area contributed by atoms with E-state index < -0.39 is 17.4 Å². The van der Waals surface area contributed by atoms with Crippen LogP contribution in [0.4, 0.5) is 5.69 Å². The van der Waals surface area contributed by atoms with Crippen LogP contribution < -0.4 is 10.6 Å². The van der Waals surface area contributed by atoms with Crippen LogP contribution in [0.25, 0.3) is 0 Å². The van der Waals surface area contributed by atoms with E-state index in [1.54, 1.807) is 0 Å². The highest BCUT2D eigenvalue weighted by Crippen LogP contribution is 2.53. The lowest BCUT2D eigenvalue weighted by Crippen LogP contribution is -2.53. The first kappa shape index (κ1) is 17.2. The van der Waals surface area contributed by atoms with Crippen LogP contribution in [0.3, 0.4) is 0 Å². The highest BCUT2D eigenvalue weighted by atomic mass is 16.2. The Morgan fingerprint density at radius 3 is 2.58 bits per heavy atom. The van der Waals surface area contributed by atoms with Crippen LogP contribution in [0.15, 0.2) is 12.1 Å². The number of hydrogen-bond acceptors (Lipinski definition) is 4. The molecule has 1 spiro atoms. The Balaban J connectivity index is 1.86. The van der Waals surface area contributed by atoms with Gasteiger partial charge in [0, 0.05) is 23.8 Å². The molecule has 4 rings (SSSR count). The minimum Gasteiger partial charge on any atom is -0.324 e. The molecule has 0 aromatic heterocycles. The van der Waals surface area contributed by atoms with E-state index in [1.807, 2.05) is 39.8 Å². The van der Waals surface area contributed by atoms with Crippen molar-refractivity contribution in [3.05, 3.63) is 28.8 Å². The lowest BCUT2D eigenvalue weighted by molar-refractivity contribution is -0.142. The van der Waals surface area contributed by atoms with E-state index in [9.17, 15) is 14.4 Å². The molecule has 6 nitrogen and oxygen atoms in total. The molecule has 3 amide bonds. The van der Waals surface area contributed by atoms with Gasteiger partial charge in [-0.3, -0.25) is 24.6 Å². The zero-order chi connectivity index (χ0) is 18.8. The Kier molecular flexibility index (Phi) is 3.74. The van der Waals surface area contributed by atoms with Gasteiger partial charge in [-0.15, -0.1) is 0 Å². The van der Waals surface area contributed by atoms with Gasteiger partial charge in [0.1, 0.15) is 5.54 Å². The molecular formula is C20H25N3O3. The second-order valence-electron chi connectivity index (χ2n) is 7.88. The monoisotopic (exact) mass is 355 g/mol. The minimum absolute atomic E-state index is 0.143. The molecule has 138 valence electrons. The average Bonchev–Trinajstić information content (AvgIpc) is 3.13. The molecule has 3 aliphatic rings. The second kappa shape index (κ2) is 5.64. The van der Waals surface area contributed by atoms with Crippen molar-refractivity contribution >= 4 is 23.4 Å². The summed E-state index contributed by atoms with van der Waals surface area (Å²) in [6.07, 6.45) is 1.69. The van der Waals surface area contributed by atoms with Crippen LogP contribution >= 0.6 is 0 Å². The predicted molar refractivity (Wildman–Crippen MR) is 97.4 cm³/mol. The van der Waals surface area contributed by atoms with Gasteiger partial charge in [0.25, 0.3) is 0 Å². The highest BCUT2D eigenvalue weighted by molar-refractivity contribution is 6.15. The van der Waals surface area contributed by atoms with Crippen LogP contribution in [0, 0.1) is 25.7 Å². The SMILES string of the molecule is CCCCN1C(=O)[C@@H]2[C@H](C)N[C@@]3(C(=O)Nc4c(C)cc(C)cc43)[C@@H]2C1=O. The zero-order valence-electron chi connectivity index (χ0n) is 15.7. The number of imide groups is 1. The van der Waals surface area contributed by atoms with Crippen molar-refractivity contribution in [3.8, 4) is 0 Å². The van der Waals surface area contributed by atoms with Gasteiger partial charge in [0.15, 0.2) is 0 Å². The number of aryl methyl sites for hydroxylation is 2. The molecule has 1 aromatic carbocycles. The number of fused-ring (bicyclic) bond motifs is 4. The summed E-state index contributed by atoms with van der Waals surface area (Å²) >= 11 is 0. The molecule has 0 saturated carbocycles. The number of rotatable bonds is 3. The fourth-order valence-corrected chi connectivity index (χ4v) is 5.02. The number of amides is 3. The number of hydrogen-bond donors (Lipinski definition) is 2. The fraction of sp³-hybridized carbons (Fsp3) is 0.550. The molecule has 2 fully saturated rings. The van der Waals surface area contributed by atoms with Gasteiger partial charge in [0.2, 0.25) is 17.7 Å². The van der Waals surface area contributed by atoms with Crippen LogP contribution in [0.1, 0.15) is 43.4 Å². The summed E-state index contributed by atoms with van der Waals surface area (Å²) in [6, 6.07) is 3.75. The Hall–Kier alpha value is -2.21. The minimum atomic E-state index is -1.15. The van der Waals surface area contributed by atoms with Gasteiger partial charge < -0.3 is 5.32 Å². The Morgan fingerprint density at radius 2 is 1.88 bits per heavy atom. The summed E-state index contributed by atoms with van der Waals surface area (Å²) in [5.41, 5.74) is 2.44. The first-order valence-electron chi connectivity index (χ1n) is 9.39. The number of nitrogens with zero attached hydrogens (tertiary/aromatic N) is 1. The van der Waals surface area contributed by atoms with Crippen molar-refractivity contribution in [2.24, 2.45) is 11.8 Å². The summed E-state index contributed by atoms with van der Waals surface area (Å²) in [6.45, 7) is 8.30. The van der Waals surface area contributed by atoms with E-state index >= 15 is 0 Å². The molecule has 3 heterocycles. The maximum absolute atomic E-state index is 13.2. The van der Waals surface area contributed by atoms with Gasteiger partial charge >= 0.3 is 0 Å². The van der Waals surface area contributed by atoms with Crippen molar-refractivity contribution in [2.75, 3.05) is 11.9 Å². The van der Waals surface area contributed by atoms with E-state index in [0.29, 0.717) is 6.54 Å².